The zero-order chi connectivity index (χ0) is 14.8. The van der Waals surface area contributed by atoms with Crippen LogP contribution in [-0.4, -0.2) is 15.5 Å². The Morgan fingerprint density at radius 2 is 2.05 bits per heavy atom. The molecule has 3 rings (SSSR count). The number of hydrogen-bond acceptors (Lipinski definition) is 3. The van der Waals surface area contributed by atoms with Gasteiger partial charge in [-0.15, -0.1) is 0 Å². The number of imidazole rings is 1. The summed E-state index contributed by atoms with van der Waals surface area (Å²) in [5, 5.41) is 2.48. The van der Waals surface area contributed by atoms with Gasteiger partial charge in [0.1, 0.15) is 0 Å². The predicted octanol–water partition coefficient (Wildman–Crippen LogP) is 3.07. The fourth-order valence-electron chi connectivity index (χ4n) is 1.92. The molecule has 0 fully saturated rings. The summed E-state index contributed by atoms with van der Waals surface area (Å²) >= 11 is 0. The smallest absolute Gasteiger partial charge is 0.292 e. The van der Waals surface area contributed by atoms with E-state index in [1.807, 2.05) is 30.3 Å². The highest BCUT2D eigenvalue weighted by molar-refractivity contribution is 6.02. The van der Waals surface area contributed by atoms with E-state index in [9.17, 15) is 9.18 Å². The molecular formula is C15H12FN3O2. The number of aromatic nitrogens is 2. The van der Waals surface area contributed by atoms with Crippen LogP contribution in [0.15, 0.2) is 53.3 Å². The molecule has 1 N–H and O–H groups in total. The molecule has 106 valence electrons. The van der Waals surface area contributed by atoms with Crippen LogP contribution in [0.5, 0.6) is 0 Å². The summed E-state index contributed by atoms with van der Waals surface area (Å²) in [6.45, 7) is 0. The number of carbonyl (C=O) groups is 1. The van der Waals surface area contributed by atoms with Crippen molar-refractivity contribution in [1.29, 1.82) is 0 Å². The average molecular weight is 285 g/mol. The molecule has 0 bridgehead atoms. The fourth-order valence-corrected chi connectivity index (χ4v) is 1.92. The number of halogens is 1. The maximum absolute atomic E-state index is 13.1. The third-order valence-corrected chi connectivity index (χ3v) is 2.99. The van der Waals surface area contributed by atoms with E-state index in [1.54, 1.807) is 6.07 Å². The van der Waals surface area contributed by atoms with Crippen LogP contribution >= 0.6 is 0 Å². The van der Waals surface area contributed by atoms with Gasteiger partial charge in [0.2, 0.25) is 0 Å². The SMILES string of the molecule is Cn1cc(NC(=O)c2cc(-c3ccccc3)co2)nc1F. The van der Waals surface area contributed by atoms with Crippen LogP contribution in [0.25, 0.3) is 11.1 Å². The molecule has 0 saturated heterocycles. The Hall–Kier alpha value is -2.89. The van der Waals surface area contributed by atoms with Gasteiger partial charge in [-0.3, -0.25) is 4.79 Å². The lowest BCUT2D eigenvalue weighted by Crippen LogP contribution is -2.11. The molecule has 0 spiro atoms. The molecule has 0 aliphatic rings. The van der Waals surface area contributed by atoms with E-state index in [1.165, 1.54) is 24.1 Å². The second-order valence-corrected chi connectivity index (χ2v) is 4.53. The lowest BCUT2D eigenvalue weighted by Gasteiger charge is -1.97. The Morgan fingerprint density at radius 3 is 2.71 bits per heavy atom. The normalized spacial score (nSPS) is 10.6. The molecule has 2 aromatic heterocycles. The van der Waals surface area contributed by atoms with Crippen LogP contribution in [0.4, 0.5) is 10.2 Å². The van der Waals surface area contributed by atoms with Crippen molar-refractivity contribution in [3.63, 3.8) is 0 Å². The molecule has 1 amide bonds. The summed E-state index contributed by atoms with van der Waals surface area (Å²) in [6.07, 6.45) is 2.21. The Balaban J connectivity index is 1.78. The minimum absolute atomic E-state index is 0.137. The van der Waals surface area contributed by atoms with Gasteiger partial charge in [-0.25, -0.2) is 0 Å². The van der Waals surface area contributed by atoms with Gasteiger partial charge in [0.05, 0.1) is 12.5 Å². The molecule has 0 aliphatic carbocycles. The lowest BCUT2D eigenvalue weighted by molar-refractivity contribution is 0.0996. The number of amides is 1. The maximum Gasteiger partial charge on any atom is 0.292 e. The summed E-state index contributed by atoms with van der Waals surface area (Å²) in [4.78, 5) is 15.6. The first-order valence-corrected chi connectivity index (χ1v) is 6.27. The standard InChI is InChI=1S/C15H12FN3O2/c1-19-8-13(18-15(19)16)17-14(20)12-7-11(9-21-12)10-5-3-2-4-6-10/h2-9H,1H3,(H,17,20). The fraction of sp³-hybridized carbons (Fsp3) is 0.0667. The van der Waals surface area contributed by atoms with Gasteiger partial charge < -0.3 is 14.3 Å². The number of benzene rings is 1. The monoisotopic (exact) mass is 285 g/mol. The van der Waals surface area contributed by atoms with Crippen molar-refractivity contribution in [3.8, 4) is 11.1 Å². The molecule has 2 heterocycles. The highest BCUT2D eigenvalue weighted by Crippen LogP contribution is 2.22. The summed E-state index contributed by atoms with van der Waals surface area (Å²) in [6, 6.07) is 11.2. The van der Waals surface area contributed by atoms with E-state index in [-0.39, 0.29) is 11.6 Å². The first-order valence-electron chi connectivity index (χ1n) is 6.27. The van der Waals surface area contributed by atoms with Crippen LogP contribution < -0.4 is 5.32 Å². The van der Waals surface area contributed by atoms with Crippen molar-refractivity contribution in [2.24, 2.45) is 7.05 Å². The number of furan rings is 1. The number of nitrogens with zero attached hydrogens (tertiary/aromatic N) is 2. The third kappa shape index (κ3) is 2.69. The van der Waals surface area contributed by atoms with E-state index in [0.717, 1.165) is 11.1 Å². The molecular weight excluding hydrogens is 273 g/mol. The molecule has 5 nitrogen and oxygen atoms in total. The minimum Gasteiger partial charge on any atom is -0.459 e. The number of hydrogen-bond donors (Lipinski definition) is 1. The van der Waals surface area contributed by atoms with Gasteiger partial charge in [0.25, 0.3) is 12.0 Å². The maximum atomic E-state index is 13.1. The first-order chi connectivity index (χ1) is 10.1. The van der Waals surface area contributed by atoms with Crippen molar-refractivity contribution >= 4 is 11.7 Å². The first kappa shape index (κ1) is 13.1. The van der Waals surface area contributed by atoms with Crippen LogP contribution in [0.2, 0.25) is 0 Å². The number of rotatable bonds is 3. The van der Waals surface area contributed by atoms with Gasteiger partial charge in [-0.1, -0.05) is 30.3 Å². The molecule has 0 radical (unpaired) electrons. The molecule has 21 heavy (non-hydrogen) atoms. The Kier molecular flexibility index (Phi) is 3.27. The van der Waals surface area contributed by atoms with Gasteiger partial charge in [0.15, 0.2) is 11.6 Å². The van der Waals surface area contributed by atoms with Crippen LogP contribution in [0.3, 0.4) is 0 Å². The third-order valence-electron chi connectivity index (χ3n) is 2.99. The minimum atomic E-state index is -0.672. The molecule has 0 atom stereocenters. The van der Waals surface area contributed by atoms with Crippen LogP contribution in [-0.2, 0) is 7.05 Å². The van der Waals surface area contributed by atoms with Crippen molar-refractivity contribution in [1.82, 2.24) is 9.55 Å². The summed E-state index contributed by atoms with van der Waals surface area (Å²) in [5.41, 5.74) is 1.75. The second-order valence-electron chi connectivity index (χ2n) is 4.53. The highest BCUT2D eigenvalue weighted by atomic mass is 19.1. The van der Waals surface area contributed by atoms with Crippen molar-refractivity contribution in [2.75, 3.05) is 5.32 Å². The van der Waals surface area contributed by atoms with Gasteiger partial charge in [-0.05, 0) is 11.6 Å². The molecule has 0 unspecified atom stereocenters. The van der Waals surface area contributed by atoms with E-state index in [2.05, 4.69) is 10.3 Å². The topological polar surface area (TPSA) is 60.1 Å². The number of nitrogens with one attached hydrogen (secondary N) is 1. The van der Waals surface area contributed by atoms with Gasteiger partial charge in [0, 0.05) is 12.6 Å². The Labute approximate surface area is 120 Å². The summed E-state index contributed by atoms with van der Waals surface area (Å²) < 4.78 is 19.5. The lowest BCUT2D eigenvalue weighted by atomic mass is 10.1. The molecule has 6 heteroatoms. The van der Waals surface area contributed by atoms with Crippen molar-refractivity contribution in [2.45, 2.75) is 0 Å². The van der Waals surface area contributed by atoms with Crippen LogP contribution in [0.1, 0.15) is 10.6 Å². The van der Waals surface area contributed by atoms with Crippen molar-refractivity contribution < 1.29 is 13.6 Å². The molecule has 1 aromatic carbocycles. The predicted molar refractivity (Wildman–Crippen MR) is 75.3 cm³/mol. The molecule has 3 aromatic rings. The van der Waals surface area contributed by atoms with Crippen LogP contribution in [0, 0.1) is 6.08 Å². The van der Waals surface area contributed by atoms with Crippen molar-refractivity contribution in [3.05, 3.63) is 60.7 Å². The van der Waals surface area contributed by atoms with E-state index < -0.39 is 12.0 Å². The molecule has 0 saturated carbocycles. The number of aryl methyl sites for hydroxylation is 1. The number of carbonyl (C=O) groups excluding carboxylic acids is 1. The summed E-state index contributed by atoms with van der Waals surface area (Å²) in [7, 11) is 1.50. The van der Waals surface area contributed by atoms with Gasteiger partial charge >= 0.3 is 0 Å². The zero-order valence-electron chi connectivity index (χ0n) is 11.2. The average Bonchev–Trinajstić information content (AvgIpc) is 3.08. The van der Waals surface area contributed by atoms with Gasteiger partial charge in [-0.2, -0.15) is 9.37 Å². The second kappa shape index (κ2) is 5.24. The van der Waals surface area contributed by atoms with E-state index >= 15 is 0 Å². The largest absolute Gasteiger partial charge is 0.459 e. The van der Waals surface area contributed by atoms with E-state index in [4.69, 9.17) is 4.42 Å². The molecule has 0 aliphatic heterocycles. The Bertz CT molecular complexity index is 758. The highest BCUT2D eigenvalue weighted by Gasteiger charge is 2.14. The zero-order valence-corrected chi connectivity index (χ0v) is 11.2. The Morgan fingerprint density at radius 1 is 1.29 bits per heavy atom. The van der Waals surface area contributed by atoms with E-state index in [0.29, 0.717) is 0 Å². The quantitative estimate of drug-likeness (QED) is 0.804. The summed E-state index contributed by atoms with van der Waals surface area (Å²) in [5.74, 6) is -0.201. The number of anilines is 1.